The molecule has 2 heterocycles. The second-order valence-corrected chi connectivity index (χ2v) is 8.60. The summed E-state index contributed by atoms with van der Waals surface area (Å²) in [6.45, 7) is 1.98. The van der Waals surface area contributed by atoms with Crippen LogP contribution in [0.25, 0.3) is 11.1 Å². The van der Waals surface area contributed by atoms with E-state index in [2.05, 4.69) is 0 Å². The molecule has 7 heteroatoms. The van der Waals surface area contributed by atoms with Gasteiger partial charge in [-0.1, -0.05) is 12.5 Å². The second-order valence-electron chi connectivity index (χ2n) is 7.69. The molecule has 4 rings (SSSR count). The molecule has 2 unspecified atom stereocenters. The van der Waals surface area contributed by atoms with Crippen LogP contribution in [-0.4, -0.2) is 23.8 Å². The van der Waals surface area contributed by atoms with E-state index in [4.69, 9.17) is 16.0 Å². The van der Waals surface area contributed by atoms with Crippen LogP contribution in [0.4, 0.5) is 4.39 Å². The van der Waals surface area contributed by atoms with Gasteiger partial charge in [-0.15, -0.1) is 11.3 Å². The molecule has 144 valence electrons. The van der Waals surface area contributed by atoms with Crippen molar-refractivity contribution >= 4 is 23.2 Å². The van der Waals surface area contributed by atoms with Crippen LogP contribution in [0, 0.1) is 29.0 Å². The fraction of sp³-hybridized carbons (Fsp3) is 0.381. The molecule has 1 aromatic carbocycles. The number of amides is 1. The molecule has 1 saturated carbocycles. The highest BCUT2D eigenvalue weighted by atomic mass is 32.1. The van der Waals surface area contributed by atoms with Crippen LogP contribution in [0.5, 0.6) is 0 Å². The maximum Gasteiger partial charge on any atom is 0.235 e. The predicted molar refractivity (Wildman–Crippen MR) is 107 cm³/mol. The number of nitrogens with two attached hydrogens (primary N) is 1. The zero-order valence-electron chi connectivity index (χ0n) is 15.8. The van der Waals surface area contributed by atoms with E-state index in [0.29, 0.717) is 5.92 Å². The lowest BCUT2D eigenvalue weighted by Crippen LogP contribution is -2.56. The smallest absolute Gasteiger partial charge is 0.235 e. The first kappa shape index (κ1) is 18.6. The number of hydrogen-bond donors (Lipinski definition) is 1. The first-order chi connectivity index (χ1) is 13.3. The predicted octanol–water partition coefficient (Wildman–Crippen LogP) is 3.84. The monoisotopic (exact) mass is 396 g/mol. The highest BCUT2D eigenvalue weighted by Gasteiger charge is 2.51. The van der Waals surface area contributed by atoms with Crippen LogP contribution in [0.2, 0.25) is 0 Å². The van der Waals surface area contributed by atoms with Gasteiger partial charge in [0.1, 0.15) is 17.4 Å². The average molecular weight is 396 g/mol. The van der Waals surface area contributed by atoms with Gasteiger partial charge in [0.25, 0.3) is 0 Å². The minimum atomic E-state index is -0.722. The largest absolute Gasteiger partial charge is 0.369 e. The van der Waals surface area contributed by atoms with Crippen molar-refractivity contribution in [3.05, 3.63) is 45.9 Å². The van der Waals surface area contributed by atoms with Gasteiger partial charge in [-0.2, -0.15) is 5.26 Å². The van der Waals surface area contributed by atoms with Crippen molar-refractivity contribution < 1.29 is 9.18 Å². The molecule has 0 bridgehead atoms. The highest BCUT2D eigenvalue weighted by Crippen LogP contribution is 2.49. The summed E-state index contributed by atoms with van der Waals surface area (Å²) in [7, 11) is 1.67. The maximum atomic E-state index is 13.7. The number of rotatable bonds is 3. The Kier molecular flexibility index (Phi) is 4.47. The normalized spacial score (nSPS) is 25.2. The summed E-state index contributed by atoms with van der Waals surface area (Å²) in [6, 6.07) is 8.37. The number of carbonyl (C=O) groups excluding carboxylic acids is 1. The molecule has 28 heavy (non-hydrogen) atoms. The number of guanidine groups is 1. The van der Waals surface area contributed by atoms with Gasteiger partial charge in [0.2, 0.25) is 5.91 Å². The molecule has 1 aliphatic carbocycles. The molecule has 1 fully saturated rings. The molecule has 1 aliphatic heterocycles. The van der Waals surface area contributed by atoms with E-state index in [1.54, 1.807) is 19.2 Å². The zero-order valence-corrected chi connectivity index (χ0v) is 16.6. The molecule has 5 nitrogen and oxygen atoms in total. The van der Waals surface area contributed by atoms with Crippen LogP contribution in [0.3, 0.4) is 0 Å². The van der Waals surface area contributed by atoms with E-state index >= 15 is 0 Å². The van der Waals surface area contributed by atoms with Crippen molar-refractivity contribution in [1.82, 2.24) is 4.90 Å². The molecular weight excluding hydrogens is 375 g/mol. The third-order valence-electron chi connectivity index (χ3n) is 6.03. The lowest BCUT2D eigenvalue weighted by molar-refractivity contribution is -0.138. The van der Waals surface area contributed by atoms with Crippen molar-refractivity contribution in [3.63, 3.8) is 0 Å². The fourth-order valence-electron chi connectivity index (χ4n) is 4.13. The van der Waals surface area contributed by atoms with Crippen molar-refractivity contribution in [3.8, 4) is 17.2 Å². The molecule has 0 radical (unpaired) electrons. The van der Waals surface area contributed by atoms with Gasteiger partial charge in [0.15, 0.2) is 5.96 Å². The second kappa shape index (κ2) is 6.71. The maximum absolute atomic E-state index is 13.7. The van der Waals surface area contributed by atoms with E-state index in [1.807, 2.05) is 24.4 Å². The summed E-state index contributed by atoms with van der Waals surface area (Å²) in [5.41, 5.74) is 6.99. The van der Waals surface area contributed by atoms with Crippen LogP contribution in [-0.2, 0) is 10.3 Å². The molecule has 2 aliphatic rings. The van der Waals surface area contributed by atoms with Gasteiger partial charge in [0, 0.05) is 11.9 Å². The molecule has 0 spiro atoms. The van der Waals surface area contributed by atoms with E-state index in [0.717, 1.165) is 35.3 Å². The van der Waals surface area contributed by atoms with Crippen molar-refractivity contribution in [2.75, 3.05) is 7.05 Å². The Hall–Kier alpha value is -2.72. The Bertz CT molecular complexity index is 1020. The third kappa shape index (κ3) is 2.80. The minimum absolute atomic E-state index is 0.0144. The van der Waals surface area contributed by atoms with Gasteiger partial charge >= 0.3 is 0 Å². The Labute approximate surface area is 167 Å². The first-order valence-electron chi connectivity index (χ1n) is 9.27. The SMILES string of the molecule is CN1C(=O)C(C2CCC2)C(C)(c2cc(-c3ccc(F)c(C#N)c3)cs2)N=C1N. The first-order valence-corrected chi connectivity index (χ1v) is 10.1. The van der Waals surface area contributed by atoms with Gasteiger partial charge in [-0.25, -0.2) is 9.38 Å². The quantitative estimate of drug-likeness (QED) is 0.856. The van der Waals surface area contributed by atoms with Gasteiger partial charge in [-0.3, -0.25) is 9.69 Å². The number of thiophene rings is 1. The van der Waals surface area contributed by atoms with Crippen LogP contribution < -0.4 is 5.73 Å². The number of benzene rings is 1. The minimum Gasteiger partial charge on any atom is -0.369 e. The summed E-state index contributed by atoms with van der Waals surface area (Å²) in [5, 5.41) is 11.1. The number of nitrogens with zero attached hydrogens (tertiary/aromatic N) is 3. The highest BCUT2D eigenvalue weighted by molar-refractivity contribution is 7.10. The Balaban J connectivity index is 1.77. The summed E-state index contributed by atoms with van der Waals surface area (Å²) >= 11 is 1.52. The molecule has 1 aromatic heterocycles. The summed E-state index contributed by atoms with van der Waals surface area (Å²) < 4.78 is 13.7. The van der Waals surface area contributed by atoms with E-state index in [9.17, 15) is 9.18 Å². The third-order valence-corrected chi connectivity index (χ3v) is 7.19. The summed E-state index contributed by atoms with van der Waals surface area (Å²) in [5.74, 6) is -0.224. The number of halogens is 1. The topological polar surface area (TPSA) is 82.5 Å². The molecule has 2 atom stereocenters. The van der Waals surface area contributed by atoms with E-state index < -0.39 is 11.4 Å². The standard InChI is InChI=1S/C21H21FN4OS/c1-21(18(12-4-3-5-12)19(27)26(2)20(24)25-21)17-9-15(11-28-17)13-6-7-16(22)14(8-13)10-23/h6-9,11-12,18H,3-5H2,1-2H3,(H2,24,25). The number of hydrogen-bond acceptors (Lipinski definition) is 5. The van der Waals surface area contributed by atoms with E-state index in [-0.39, 0.29) is 23.3 Å². The molecule has 2 N–H and O–H groups in total. The van der Waals surface area contributed by atoms with Gasteiger partial charge in [-0.05, 0) is 60.4 Å². The summed E-state index contributed by atoms with van der Waals surface area (Å²) in [4.78, 5) is 20.2. The Morgan fingerprint density at radius 2 is 2.11 bits per heavy atom. The van der Waals surface area contributed by atoms with Crippen LogP contribution in [0.15, 0.2) is 34.6 Å². The molecule has 2 aromatic rings. The van der Waals surface area contributed by atoms with Crippen LogP contribution in [0.1, 0.15) is 36.6 Å². The number of nitriles is 1. The lowest BCUT2D eigenvalue weighted by Gasteiger charge is -2.46. The Morgan fingerprint density at radius 3 is 2.75 bits per heavy atom. The zero-order chi connectivity index (χ0) is 20.1. The lowest BCUT2D eigenvalue weighted by atomic mass is 9.66. The number of carbonyl (C=O) groups is 1. The fourth-order valence-corrected chi connectivity index (χ4v) is 5.19. The summed E-state index contributed by atoms with van der Waals surface area (Å²) in [6.07, 6.45) is 3.18. The van der Waals surface area contributed by atoms with Crippen molar-refractivity contribution in [2.24, 2.45) is 22.6 Å². The molecule has 0 saturated heterocycles. The van der Waals surface area contributed by atoms with Crippen LogP contribution >= 0.6 is 11.3 Å². The van der Waals surface area contributed by atoms with Gasteiger partial charge < -0.3 is 5.73 Å². The van der Waals surface area contributed by atoms with Gasteiger partial charge in [0.05, 0.1) is 11.5 Å². The average Bonchev–Trinajstić information content (AvgIpc) is 3.13. The van der Waals surface area contributed by atoms with Crippen molar-refractivity contribution in [1.29, 1.82) is 5.26 Å². The Morgan fingerprint density at radius 1 is 1.36 bits per heavy atom. The molecule has 1 amide bonds. The molecular formula is C21H21FN4OS. The number of aliphatic imine (C=N–C) groups is 1. The van der Waals surface area contributed by atoms with E-state index in [1.165, 1.54) is 22.3 Å². The van der Waals surface area contributed by atoms with Crippen molar-refractivity contribution in [2.45, 2.75) is 31.7 Å².